The Balaban J connectivity index is 1.74. The van der Waals surface area contributed by atoms with Gasteiger partial charge in [-0.2, -0.15) is 0 Å². The fourth-order valence-electron chi connectivity index (χ4n) is 4.47. The highest BCUT2D eigenvalue weighted by Crippen LogP contribution is 2.34. The van der Waals surface area contributed by atoms with Crippen molar-refractivity contribution in [1.82, 2.24) is 5.32 Å². The summed E-state index contributed by atoms with van der Waals surface area (Å²) in [6, 6.07) is 16.8. The lowest BCUT2D eigenvalue weighted by molar-refractivity contribution is 0.244. The molecule has 2 aromatic carbocycles. The summed E-state index contributed by atoms with van der Waals surface area (Å²) in [6.45, 7) is 8.73. The van der Waals surface area contributed by atoms with Crippen molar-refractivity contribution < 1.29 is 4.79 Å². The van der Waals surface area contributed by atoms with E-state index in [9.17, 15) is 4.79 Å². The lowest BCUT2D eigenvalue weighted by Crippen LogP contribution is -2.41. The number of amides is 2. The zero-order valence-electron chi connectivity index (χ0n) is 19.5. The lowest BCUT2D eigenvalue weighted by atomic mass is 9.89. The number of anilines is 1. The molecule has 1 fully saturated rings. The molecule has 1 aliphatic rings. The van der Waals surface area contributed by atoms with Crippen molar-refractivity contribution in [2.45, 2.75) is 82.8 Å². The summed E-state index contributed by atoms with van der Waals surface area (Å²) < 4.78 is 0. The second-order valence-corrected chi connectivity index (χ2v) is 10.5. The molecule has 0 heterocycles. The van der Waals surface area contributed by atoms with E-state index in [2.05, 4.69) is 86.9 Å². The summed E-state index contributed by atoms with van der Waals surface area (Å²) in [5, 5.41) is 6.73. The smallest absolute Gasteiger partial charge is 0.320 e. The summed E-state index contributed by atoms with van der Waals surface area (Å²) in [6.07, 6.45) is 6.26. The van der Waals surface area contributed by atoms with Gasteiger partial charge in [0.1, 0.15) is 0 Å². The van der Waals surface area contributed by atoms with Crippen molar-refractivity contribution in [3.63, 3.8) is 0 Å². The molecule has 1 unspecified atom stereocenters. The predicted molar refractivity (Wildman–Crippen MR) is 135 cm³/mol. The number of thioether (sulfide) groups is 1. The van der Waals surface area contributed by atoms with Crippen molar-refractivity contribution >= 4 is 23.5 Å². The summed E-state index contributed by atoms with van der Waals surface area (Å²) in [7, 11) is 0. The monoisotopic (exact) mass is 438 g/mol. The van der Waals surface area contributed by atoms with Crippen LogP contribution in [-0.2, 0) is 5.75 Å². The van der Waals surface area contributed by atoms with Crippen LogP contribution in [0.1, 0.15) is 88.3 Å². The molecule has 3 nitrogen and oxygen atoms in total. The van der Waals surface area contributed by atoms with Crippen LogP contribution in [-0.4, -0.2) is 11.4 Å². The van der Waals surface area contributed by atoms with E-state index in [0.717, 1.165) is 11.4 Å². The Labute approximate surface area is 192 Å². The Kier molecular flexibility index (Phi) is 8.89. The fourth-order valence-corrected chi connectivity index (χ4v) is 5.77. The molecular formula is C27H38N2OS. The van der Waals surface area contributed by atoms with E-state index in [1.165, 1.54) is 48.8 Å². The lowest BCUT2D eigenvalue weighted by Gasteiger charge is -2.31. The van der Waals surface area contributed by atoms with E-state index in [1.54, 1.807) is 0 Å². The maximum Gasteiger partial charge on any atom is 0.320 e. The van der Waals surface area contributed by atoms with Crippen LogP contribution >= 0.6 is 11.8 Å². The van der Waals surface area contributed by atoms with Gasteiger partial charge in [0.25, 0.3) is 0 Å². The highest BCUT2D eigenvalue weighted by molar-refractivity contribution is 7.99. The van der Waals surface area contributed by atoms with Gasteiger partial charge >= 0.3 is 6.03 Å². The summed E-state index contributed by atoms with van der Waals surface area (Å²) in [5.41, 5.74) is 4.70. The molecule has 1 saturated carbocycles. The minimum atomic E-state index is -0.0777. The van der Waals surface area contributed by atoms with Crippen LogP contribution in [0.3, 0.4) is 0 Å². The van der Waals surface area contributed by atoms with Crippen LogP contribution < -0.4 is 10.6 Å². The van der Waals surface area contributed by atoms with Crippen LogP contribution in [0.25, 0.3) is 0 Å². The number of hydrogen-bond donors (Lipinski definition) is 2. The maximum absolute atomic E-state index is 13.2. The molecule has 2 N–H and O–H groups in total. The van der Waals surface area contributed by atoms with Crippen LogP contribution in [0.4, 0.5) is 10.5 Å². The highest BCUT2D eigenvalue weighted by Gasteiger charge is 2.26. The number of rotatable bonds is 8. The van der Waals surface area contributed by atoms with E-state index >= 15 is 0 Å². The van der Waals surface area contributed by atoms with Gasteiger partial charge in [-0.15, -0.1) is 11.8 Å². The molecule has 0 bridgehead atoms. The Bertz CT molecular complexity index is 802. The molecule has 0 radical (unpaired) electrons. The van der Waals surface area contributed by atoms with Gasteiger partial charge in [0, 0.05) is 11.4 Å². The van der Waals surface area contributed by atoms with Gasteiger partial charge in [-0.05, 0) is 47.3 Å². The molecule has 1 aliphatic carbocycles. The third-order valence-corrected chi connectivity index (χ3v) is 7.60. The Morgan fingerprint density at radius 3 is 2.10 bits per heavy atom. The zero-order valence-corrected chi connectivity index (χ0v) is 20.3. The molecule has 1 atom stereocenters. The van der Waals surface area contributed by atoms with Crippen LogP contribution in [0.5, 0.6) is 0 Å². The van der Waals surface area contributed by atoms with Crippen LogP contribution in [0, 0.1) is 5.92 Å². The Morgan fingerprint density at radius 1 is 0.903 bits per heavy atom. The molecule has 0 aromatic heterocycles. The van der Waals surface area contributed by atoms with Gasteiger partial charge in [-0.1, -0.05) is 95.5 Å². The van der Waals surface area contributed by atoms with Crippen molar-refractivity contribution in [3.05, 3.63) is 65.2 Å². The quantitative estimate of drug-likeness (QED) is 0.411. The van der Waals surface area contributed by atoms with Crippen LogP contribution in [0.2, 0.25) is 0 Å². The first-order valence-corrected chi connectivity index (χ1v) is 12.9. The second-order valence-electron chi connectivity index (χ2n) is 9.33. The first kappa shape index (κ1) is 23.7. The van der Waals surface area contributed by atoms with E-state index in [-0.39, 0.29) is 11.4 Å². The minimum absolute atomic E-state index is 0.0777. The van der Waals surface area contributed by atoms with Crippen molar-refractivity contribution in [2.75, 3.05) is 5.32 Å². The molecule has 3 rings (SSSR count). The number of hydrogen-bond acceptors (Lipinski definition) is 2. The average Bonchev–Trinajstić information content (AvgIpc) is 2.77. The number of nitrogens with one attached hydrogen (secondary N) is 2. The summed E-state index contributed by atoms with van der Waals surface area (Å²) in [5.74, 6) is 2.17. The van der Waals surface area contributed by atoms with Crippen molar-refractivity contribution in [2.24, 2.45) is 5.92 Å². The third kappa shape index (κ3) is 6.77. The van der Waals surface area contributed by atoms with Gasteiger partial charge in [0.2, 0.25) is 0 Å². The van der Waals surface area contributed by atoms with Gasteiger partial charge < -0.3 is 10.6 Å². The zero-order chi connectivity index (χ0) is 22.2. The van der Waals surface area contributed by atoms with E-state index in [0.29, 0.717) is 17.8 Å². The molecular weight excluding hydrogens is 400 g/mol. The number of urea groups is 1. The predicted octanol–water partition coefficient (Wildman–Crippen LogP) is 7.89. The molecule has 0 spiro atoms. The molecule has 0 aliphatic heterocycles. The van der Waals surface area contributed by atoms with Gasteiger partial charge in [0.15, 0.2) is 0 Å². The summed E-state index contributed by atoms with van der Waals surface area (Å²) >= 11 is 1.87. The molecule has 2 amide bonds. The normalized spacial score (nSPS) is 15.8. The SMILES string of the molecule is CC(C)c1cccc(C(C)C)c1NC(=O)NC(SCc1ccccc1)C1CCCCC1. The Morgan fingerprint density at radius 2 is 1.52 bits per heavy atom. The highest BCUT2D eigenvalue weighted by atomic mass is 32.2. The average molecular weight is 439 g/mol. The largest absolute Gasteiger partial charge is 0.326 e. The molecule has 2 aromatic rings. The van der Waals surface area contributed by atoms with Crippen molar-refractivity contribution in [3.8, 4) is 0 Å². The molecule has 0 saturated heterocycles. The van der Waals surface area contributed by atoms with E-state index in [1.807, 2.05) is 11.8 Å². The molecule has 31 heavy (non-hydrogen) atoms. The van der Waals surface area contributed by atoms with Crippen LogP contribution in [0.15, 0.2) is 48.5 Å². The van der Waals surface area contributed by atoms with Gasteiger partial charge in [0.05, 0.1) is 5.37 Å². The first-order chi connectivity index (χ1) is 15.0. The van der Waals surface area contributed by atoms with Crippen molar-refractivity contribution in [1.29, 1.82) is 0 Å². The van der Waals surface area contributed by atoms with Gasteiger partial charge in [-0.3, -0.25) is 0 Å². The number of para-hydroxylation sites is 1. The number of benzene rings is 2. The van der Waals surface area contributed by atoms with E-state index < -0.39 is 0 Å². The maximum atomic E-state index is 13.2. The molecule has 168 valence electrons. The Hall–Kier alpha value is -1.94. The molecule has 4 heteroatoms. The van der Waals surface area contributed by atoms with Gasteiger partial charge in [-0.25, -0.2) is 4.79 Å². The second kappa shape index (κ2) is 11.6. The summed E-state index contributed by atoms with van der Waals surface area (Å²) in [4.78, 5) is 13.2. The fraction of sp³-hybridized carbons (Fsp3) is 0.519. The third-order valence-electron chi connectivity index (χ3n) is 6.24. The number of carbonyl (C=O) groups is 1. The first-order valence-electron chi connectivity index (χ1n) is 11.8. The topological polar surface area (TPSA) is 41.1 Å². The van der Waals surface area contributed by atoms with E-state index in [4.69, 9.17) is 0 Å². The number of carbonyl (C=O) groups excluding carboxylic acids is 1. The minimum Gasteiger partial charge on any atom is -0.326 e. The standard InChI is InChI=1S/C27H38N2OS/c1-19(2)23-16-11-17-24(20(3)4)25(23)28-27(30)29-26(22-14-9-6-10-15-22)31-18-21-12-7-5-8-13-21/h5,7-8,11-13,16-17,19-20,22,26H,6,9-10,14-15,18H2,1-4H3,(H2,28,29,30).